The number of imidazole rings is 1. The van der Waals surface area contributed by atoms with E-state index in [1.165, 1.54) is 0 Å². The quantitative estimate of drug-likeness (QED) is 0.862. The minimum Gasteiger partial charge on any atom is -0.353 e. The zero-order valence-electron chi connectivity index (χ0n) is 9.55. The van der Waals surface area contributed by atoms with Crippen LogP contribution in [0, 0.1) is 0 Å². The minimum atomic E-state index is -2.84. The number of anilines is 1. The number of sulfone groups is 1. The molecule has 1 aromatic heterocycles. The van der Waals surface area contributed by atoms with Gasteiger partial charge in [-0.25, -0.2) is 13.4 Å². The van der Waals surface area contributed by atoms with E-state index < -0.39 is 9.84 Å². The molecule has 1 atom stereocenters. The summed E-state index contributed by atoms with van der Waals surface area (Å²) >= 11 is 0. The first kappa shape index (κ1) is 11.4. The minimum absolute atomic E-state index is 0.0359. The van der Waals surface area contributed by atoms with E-state index in [1.807, 2.05) is 24.6 Å². The molecule has 6 heteroatoms. The summed E-state index contributed by atoms with van der Waals surface area (Å²) in [5.41, 5.74) is 0. The van der Waals surface area contributed by atoms with Crippen LogP contribution in [-0.4, -0.2) is 35.5 Å². The van der Waals surface area contributed by atoms with Gasteiger partial charge in [-0.2, -0.15) is 0 Å². The molecule has 1 saturated heterocycles. The SMILES string of the molecule is CC(C)Nc1nccn1C1CCS(=O)(=O)C1. The fourth-order valence-electron chi connectivity index (χ4n) is 1.97. The lowest BCUT2D eigenvalue weighted by Crippen LogP contribution is -2.18. The van der Waals surface area contributed by atoms with Crippen molar-refractivity contribution in [3.05, 3.63) is 12.4 Å². The van der Waals surface area contributed by atoms with Gasteiger partial charge in [0.2, 0.25) is 5.95 Å². The van der Waals surface area contributed by atoms with Gasteiger partial charge in [0.05, 0.1) is 17.5 Å². The van der Waals surface area contributed by atoms with Gasteiger partial charge in [0.25, 0.3) is 0 Å². The molecule has 0 bridgehead atoms. The molecule has 90 valence electrons. The second-order valence-corrected chi connectivity index (χ2v) is 6.74. The molecule has 5 nitrogen and oxygen atoms in total. The molecule has 0 amide bonds. The summed E-state index contributed by atoms with van der Waals surface area (Å²) in [5.74, 6) is 1.28. The van der Waals surface area contributed by atoms with E-state index >= 15 is 0 Å². The molecule has 0 saturated carbocycles. The first-order chi connectivity index (χ1) is 7.48. The van der Waals surface area contributed by atoms with Crippen LogP contribution in [-0.2, 0) is 9.84 Å². The highest BCUT2D eigenvalue weighted by Gasteiger charge is 2.30. The Bertz CT molecular complexity index is 464. The van der Waals surface area contributed by atoms with Crippen molar-refractivity contribution in [2.75, 3.05) is 16.8 Å². The van der Waals surface area contributed by atoms with Crippen LogP contribution in [0.15, 0.2) is 12.4 Å². The molecule has 16 heavy (non-hydrogen) atoms. The Labute approximate surface area is 95.8 Å². The molecule has 1 aliphatic rings. The van der Waals surface area contributed by atoms with Crippen molar-refractivity contribution in [2.45, 2.75) is 32.4 Å². The molecule has 2 rings (SSSR count). The van der Waals surface area contributed by atoms with Crippen LogP contribution in [0.3, 0.4) is 0 Å². The van der Waals surface area contributed by atoms with Crippen molar-refractivity contribution in [2.24, 2.45) is 0 Å². The van der Waals surface area contributed by atoms with Gasteiger partial charge in [-0.15, -0.1) is 0 Å². The van der Waals surface area contributed by atoms with E-state index in [4.69, 9.17) is 0 Å². The summed E-state index contributed by atoms with van der Waals surface area (Å²) in [5, 5.41) is 3.21. The molecule has 0 aliphatic carbocycles. The second kappa shape index (κ2) is 4.08. The standard InChI is InChI=1S/C10H17N3O2S/c1-8(2)12-10-11-4-5-13(10)9-3-6-16(14,15)7-9/h4-5,8-9H,3,6-7H2,1-2H3,(H,11,12). The molecule has 1 fully saturated rings. The van der Waals surface area contributed by atoms with Crippen molar-refractivity contribution in [3.63, 3.8) is 0 Å². The Balaban J connectivity index is 2.19. The normalized spacial score (nSPS) is 23.8. The third kappa shape index (κ3) is 2.37. The maximum atomic E-state index is 11.4. The van der Waals surface area contributed by atoms with Gasteiger partial charge in [-0.3, -0.25) is 0 Å². The van der Waals surface area contributed by atoms with Crippen molar-refractivity contribution in [1.29, 1.82) is 0 Å². The largest absolute Gasteiger partial charge is 0.353 e. The van der Waals surface area contributed by atoms with E-state index in [1.54, 1.807) is 6.20 Å². The lowest BCUT2D eigenvalue weighted by Gasteiger charge is -2.16. The monoisotopic (exact) mass is 243 g/mol. The number of rotatable bonds is 3. The lowest BCUT2D eigenvalue weighted by atomic mass is 10.2. The Morgan fingerprint density at radius 3 is 2.88 bits per heavy atom. The number of hydrogen-bond acceptors (Lipinski definition) is 4. The van der Waals surface area contributed by atoms with Gasteiger partial charge in [0.15, 0.2) is 9.84 Å². The van der Waals surface area contributed by atoms with E-state index in [-0.39, 0.29) is 17.5 Å². The zero-order chi connectivity index (χ0) is 11.8. The van der Waals surface area contributed by atoms with Crippen molar-refractivity contribution < 1.29 is 8.42 Å². The number of aromatic nitrogens is 2. The average molecular weight is 243 g/mol. The predicted molar refractivity (Wildman–Crippen MR) is 63.3 cm³/mol. The molecular formula is C10H17N3O2S. The molecule has 0 radical (unpaired) electrons. The van der Waals surface area contributed by atoms with Crippen LogP contribution >= 0.6 is 0 Å². The summed E-state index contributed by atoms with van der Waals surface area (Å²) in [6, 6.07) is 0.327. The Morgan fingerprint density at radius 2 is 2.31 bits per heavy atom. The molecule has 1 aromatic rings. The Hall–Kier alpha value is -1.04. The van der Waals surface area contributed by atoms with Crippen LogP contribution in [0.5, 0.6) is 0 Å². The van der Waals surface area contributed by atoms with E-state index in [2.05, 4.69) is 10.3 Å². The van der Waals surface area contributed by atoms with Gasteiger partial charge in [-0.1, -0.05) is 0 Å². The molecule has 0 spiro atoms. The maximum absolute atomic E-state index is 11.4. The van der Waals surface area contributed by atoms with E-state index in [9.17, 15) is 8.42 Å². The van der Waals surface area contributed by atoms with E-state index in [0.717, 1.165) is 5.95 Å². The molecule has 2 heterocycles. The third-order valence-corrected chi connectivity index (χ3v) is 4.44. The third-order valence-electron chi connectivity index (χ3n) is 2.69. The van der Waals surface area contributed by atoms with Crippen molar-refractivity contribution >= 4 is 15.8 Å². The van der Waals surface area contributed by atoms with Crippen molar-refractivity contribution in [3.8, 4) is 0 Å². The first-order valence-corrected chi connectivity index (χ1v) is 7.30. The molecule has 1 unspecified atom stereocenters. The van der Waals surface area contributed by atoms with Crippen LogP contribution in [0.2, 0.25) is 0 Å². The highest BCUT2D eigenvalue weighted by atomic mass is 32.2. The van der Waals surface area contributed by atoms with Gasteiger partial charge in [0, 0.05) is 18.4 Å². The number of hydrogen-bond donors (Lipinski definition) is 1. The maximum Gasteiger partial charge on any atom is 0.203 e. The van der Waals surface area contributed by atoms with Gasteiger partial charge in [-0.05, 0) is 20.3 Å². The van der Waals surface area contributed by atoms with Gasteiger partial charge < -0.3 is 9.88 Å². The lowest BCUT2D eigenvalue weighted by molar-refractivity contribution is 0.557. The number of nitrogens with one attached hydrogen (secondary N) is 1. The van der Waals surface area contributed by atoms with Gasteiger partial charge >= 0.3 is 0 Å². The summed E-state index contributed by atoms with van der Waals surface area (Å²) in [7, 11) is -2.84. The predicted octanol–water partition coefficient (Wildman–Crippen LogP) is 1.06. The van der Waals surface area contributed by atoms with Crippen LogP contribution in [0.25, 0.3) is 0 Å². The van der Waals surface area contributed by atoms with Gasteiger partial charge in [0.1, 0.15) is 0 Å². The van der Waals surface area contributed by atoms with Crippen molar-refractivity contribution in [1.82, 2.24) is 9.55 Å². The number of nitrogens with zero attached hydrogens (tertiary/aromatic N) is 2. The zero-order valence-corrected chi connectivity index (χ0v) is 10.4. The first-order valence-electron chi connectivity index (χ1n) is 5.48. The summed E-state index contributed by atoms with van der Waals surface area (Å²) in [4.78, 5) is 4.21. The smallest absolute Gasteiger partial charge is 0.203 e. The van der Waals surface area contributed by atoms with E-state index in [0.29, 0.717) is 12.5 Å². The highest BCUT2D eigenvalue weighted by Crippen LogP contribution is 2.26. The molecular weight excluding hydrogens is 226 g/mol. The average Bonchev–Trinajstić information content (AvgIpc) is 2.71. The Morgan fingerprint density at radius 1 is 1.56 bits per heavy atom. The van der Waals surface area contributed by atoms with Crippen LogP contribution in [0.1, 0.15) is 26.3 Å². The van der Waals surface area contributed by atoms with Crippen LogP contribution in [0.4, 0.5) is 5.95 Å². The summed E-state index contributed by atoms with van der Waals surface area (Å²) in [6.07, 6.45) is 4.23. The molecule has 1 N–H and O–H groups in total. The topological polar surface area (TPSA) is 64.0 Å². The molecule has 0 aromatic carbocycles. The summed E-state index contributed by atoms with van der Waals surface area (Å²) < 4.78 is 24.8. The van der Waals surface area contributed by atoms with Crippen LogP contribution < -0.4 is 5.32 Å². The molecule has 1 aliphatic heterocycles. The Kier molecular flexibility index (Phi) is 2.92. The fourth-order valence-corrected chi connectivity index (χ4v) is 3.68. The fraction of sp³-hybridized carbons (Fsp3) is 0.700. The summed E-state index contributed by atoms with van der Waals surface area (Å²) in [6.45, 7) is 4.06. The highest BCUT2D eigenvalue weighted by molar-refractivity contribution is 7.91. The second-order valence-electron chi connectivity index (χ2n) is 4.51.